The first kappa shape index (κ1) is 13.3. The lowest BCUT2D eigenvalue weighted by Gasteiger charge is -2.07. The summed E-state index contributed by atoms with van der Waals surface area (Å²) in [4.78, 5) is 18.7. The Kier molecular flexibility index (Phi) is 3.97. The van der Waals surface area contributed by atoms with Gasteiger partial charge in [-0.1, -0.05) is 0 Å². The first-order valence-corrected chi connectivity index (χ1v) is 5.79. The molecule has 0 amide bonds. The third-order valence-electron chi connectivity index (χ3n) is 2.31. The van der Waals surface area contributed by atoms with Crippen molar-refractivity contribution in [3.8, 4) is 11.6 Å². The minimum atomic E-state index is -0.954. The van der Waals surface area contributed by atoms with E-state index in [0.29, 0.717) is 5.69 Å². The van der Waals surface area contributed by atoms with E-state index in [1.807, 2.05) is 0 Å². The fraction of sp³-hybridized carbons (Fsp3) is 0.300. The fourth-order valence-electron chi connectivity index (χ4n) is 1.23. The van der Waals surface area contributed by atoms with Gasteiger partial charge >= 0.3 is 5.97 Å². The summed E-state index contributed by atoms with van der Waals surface area (Å²) in [6.07, 6.45) is 4.54. The van der Waals surface area contributed by atoms with Crippen molar-refractivity contribution in [3.05, 3.63) is 23.4 Å². The monoisotopic (exact) mass is 281 g/mol. The third kappa shape index (κ3) is 3.20. The molecule has 0 radical (unpaired) electrons. The molecule has 0 aliphatic carbocycles. The van der Waals surface area contributed by atoms with E-state index >= 15 is 0 Å². The Morgan fingerprint density at radius 2 is 2.42 bits per heavy atom. The number of hydrogen-bond donors (Lipinski definition) is 2. The molecule has 1 atom stereocenters. The summed E-state index contributed by atoms with van der Waals surface area (Å²) in [6, 6.07) is -0.710. The standard InChI is InChI=1S/C10H11N5O3S/c1-6(9(16)17)13-5-15-10(19)18-8(14-15)7-4-11-2-3-12-7/h2-4,6,13H,5H2,1H3,(H,16,17)/t6-/m0/s1. The fourth-order valence-corrected chi connectivity index (χ4v) is 1.41. The Labute approximate surface area is 113 Å². The van der Waals surface area contributed by atoms with E-state index in [0.717, 1.165) is 0 Å². The predicted molar refractivity (Wildman–Crippen MR) is 66.6 cm³/mol. The molecule has 100 valence electrons. The van der Waals surface area contributed by atoms with Crippen LogP contribution < -0.4 is 5.32 Å². The van der Waals surface area contributed by atoms with E-state index in [4.69, 9.17) is 21.7 Å². The highest BCUT2D eigenvalue weighted by Crippen LogP contribution is 2.12. The number of nitrogens with one attached hydrogen (secondary N) is 1. The van der Waals surface area contributed by atoms with Crippen LogP contribution in [0.5, 0.6) is 0 Å². The average Bonchev–Trinajstić information content (AvgIpc) is 2.78. The molecule has 0 saturated carbocycles. The third-order valence-corrected chi connectivity index (χ3v) is 2.60. The van der Waals surface area contributed by atoms with Crippen molar-refractivity contribution in [2.75, 3.05) is 0 Å². The van der Waals surface area contributed by atoms with Crippen molar-refractivity contribution in [1.29, 1.82) is 0 Å². The smallest absolute Gasteiger partial charge is 0.320 e. The minimum Gasteiger partial charge on any atom is -0.480 e. The number of aromatic nitrogens is 4. The minimum absolute atomic E-state index is 0.130. The number of nitrogens with zero attached hydrogens (tertiary/aromatic N) is 4. The van der Waals surface area contributed by atoms with Crippen LogP contribution in [0.3, 0.4) is 0 Å². The number of carbonyl (C=O) groups is 1. The zero-order valence-electron chi connectivity index (χ0n) is 9.98. The van der Waals surface area contributed by atoms with Gasteiger partial charge in [0, 0.05) is 12.4 Å². The topological polar surface area (TPSA) is 106 Å². The molecule has 0 unspecified atom stereocenters. The lowest BCUT2D eigenvalue weighted by Crippen LogP contribution is -2.35. The number of carboxylic acid groups (broad SMARTS) is 1. The van der Waals surface area contributed by atoms with Gasteiger partial charge in [0.1, 0.15) is 11.7 Å². The van der Waals surface area contributed by atoms with Crippen molar-refractivity contribution < 1.29 is 14.3 Å². The molecule has 0 aliphatic heterocycles. The van der Waals surface area contributed by atoms with Gasteiger partial charge in [0.15, 0.2) is 0 Å². The van der Waals surface area contributed by atoms with Gasteiger partial charge in [-0.2, -0.15) is 0 Å². The van der Waals surface area contributed by atoms with Gasteiger partial charge in [0.05, 0.1) is 12.9 Å². The first-order valence-electron chi connectivity index (χ1n) is 5.38. The van der Waals surface area contributed by atoms with Gasteiger partial charge in [-0.15, -0.1) is 5.10 Å². The number of carboxylic acids is 1. The zero-order valence-corrected chi connectivity index (χ0v) is 10.8. The summed E-state index contributed by atoms with van der Waals surface area (Å²) in [6.45, 7) is 1.66. The predicted octanol–water partition coefficient (Wildman–Crippen LogP) is 0.683. The van der Waals surface area contributed by atoms with Gasteiger partial charge in [0.2, 0.25) is 0 Å². The molecule has 0 aliphatic rings. The number of hydrogen-bond acceptors (Lipinski definition) is 7. The highest BCUT2D eigenvalue weighted by molar-refractivity contribution is 7.71. The van der Waals surface area contributed by atoms with Crippen LogP contribution in [0.1, 0.15) is 6.92 Å². The molecule has 0 fully saturated rings. The SMILES string of the molecule is C[C@H](NCn1nc(-c2cnccn2)oc1=S)C(=O)O. The van der Waals surface area contributed by atoms with E-state index in [1.165, 1.54) is 30.2 Å². The molecule has 2 aromatic heterocycles. The normalized spacial score (nSPS) is 12.3. The van der Waals surface area contributed by atoms with E-state index in [2.05, 4.69) is 20.4 Å². The van der Waals surface area contributed by atoms with Crippen molar-refractivity contribution in [3.63, 3.8) is 0 Å². The Balaban J connectivity index is 2.14. The van der Waals surface area contributed by atoms with E-state index in [1.54, 1.807) is 0 Å². The molecule has 2 aromatic rings. The quantitative estimate of drug-likeness (QED) is 0.771. The molecule has 2 heterocycles. The summed E-state index contributed by atoms with van der Waals surface area (Å²) in [5.41, 5.74) is 0.457. The largest absolute Gasteiger partial charge is 0.480 e. The van der Waals surface area contributed by atoms with Crippen LogP contribution in [0.15, 0.2) is 23.0 Å². The maximum absolute atomic E-state index is 10.7. The van der Waals surface area contributed by atoms with E-state index in [-0.39, 0.29) is 17.4 Å². The molecule has 0 bridgehead atoms. The number of aliphatic carboxylic acids is 1. The van der Waals surface area contributed by atoms with E-state index in [9.17, 15) is 4.79 Å². The molecule has 9 heteroatoms. The highest BCUT2D eigenvalue weighted by Gasteiger charge is 2.12. The van der Waals surface area contributed by atoms with Crippen LogP contribution in [0.25, 0.3) is 11.6 Å². The highest BCUT2D eigenvalue weighted by atomic mass is 32.1. The van der Waals surface area contributed by atoms with Crippen molar-refractivity contribution in [1.82, 2.24) is 25.1 Å². The second-order valence-corrected chi connectivity index (χ2v) is 4.03. The Hall–Kier alpha value is -2.13. The lowest BCUT2D eigenvalue weighted by atomic mass is 10.3. The lowest BCUT2D eigenvalue weighted by molar-refractivity contribution is -0.139. The summed E-state index contributed by atoms with van der Waals surface area (Å²) < 4.78 is 6.62. The summed E-state index contributed by atoms with van der Waals surface area (Å²) in [7, 11) is 0. The molecule has 19 heavy (non-hydrogen) atoms. The van der Waals surface area contributed by atoms with Crippen LogP contribution in [0, 0.1) is 4.84 Å². The van der Waals surface area contributed by atoms with Gasteiger partial charge in [-0.25, -0.2) is 9.67 Å². The Morgan fingerprint density at radius 3 is 3.05 bits per heavy atom. The molecule has 0 spiro atoms. The average molecular weight is 281 g/mol. The van der Waals surface area contributed by atoms with Crippen LogP contribution in [-0.4, -0.2) is 36.9 Å². The Bertz CT molecular complexity index is 624. The second kappa shape index (κ2) is 5.67. The van der Waals surface area contributed by atoms with Gasteiger partial charge in [-0.3, -0.25) is 15.1 Å². The molecular formula is C10H11N5O3S. The van der Waals surface area contributed by atoms with Gasteiger partial charge in [0.25, 0.3) is 10.7 Å². The molecule has 0 aromatic carbocycles. The molecule has 8 nitrogen and oxygen atoms in total. The second-order valence-electron chi connectivity index (χ2n) is 3.69. The molecular weight excluding hydrogens is 270 g/mol. The van der Waals surface area contributed by atoms with Crippen LogP contribution in [0.2, 0.25) is 0 Å². The van der Waals surface area contributed by atoms with Crippen LogP contribution in [0.4, 0.5) is 0 Å². The van der Waals surface area contributed by atoms with Crippen LogP contribution in [-0.2, 0) is 11.5 Å². The summed E-state index contributed by atoms with van der Waals surface area (Å²) >= 11 is 4.99. The van der Waals surface area contributed by atoms with Gasteiger partial charge in [-0.05, 0) is 19.1 Å². The maximum atomic E-state index is 10.7. The van der Waals surface area contributed by atoms with Gasteiger partial charge < -0.3 is 9.52 Å². The van der Waals surface area contributed by atoms with Crippen molar-refractivity contribution >= 4 is 18.2 Å². The molecule has 2 N–H and O–H groups in total. The van der Waals surface area contributed by atoms with Crippen molar-refractivity contribution in [2.45, 2.75) is 19.6 Å². The van der Waals surface area contributed by atoms with Crippen LogP contribution >= 0.6 is 12.2 Å². The first-order chi connectivity index (χ1) is 9.08. The summed E-state index contributed by atoms with van der Waals surface area (Å²) in [5.74, 6) is -0.716. The zero-order chi connectivity index (χ0) is 13.8. The maximum Gasteiger partial charge on any atom is 0.320 e. The van der Waals surface area contributed by atoms with Crippen molar-refractivity contribution in [2.24, 2.45) is 0 Å². The molecule has 0 saturated heterocycles. The Morgan fingerprint density at radius 1 is 1.63 bits per heavy atom. The molecule has 2 rings (SSSR count). The number of rotatable bonds is 5. The van der Waals surface area contributed by atoms with E-state index < -0.39 is 12.0 Å². The summed E-state index contributed by atoms with van der Waals surface area (Å²) in [5, 5.41) is 15.6.